The fourth-order valence-electron chi connectivity index (χ4n) is 4.56. The van der Waals surface area contributed by atoms with Crippen molar-refractivity contribution in [3.8, 4) is 0 Å². The highest BCUT2D eigenvalue weighted by Crippen LogP contribution is 2.25. The lowest BCUT2D eigenvalue weighted by molar-refractivity contribution is 0.206. The Morgan fingerprint density at radius 2 is 1.61 bits per heavy atom. The maximum atomic E-state index is 12.7. The third-order valence-electron chi connectivity index (χ3n) is 6.38. The number of urea groups is 1. The number of benzene rings is 1. The second kappa shape index (κ2) is 10.5. The fourth-order valence-corrected chi connectivity index (χ4v) is 4.56. The first kappa shape index (κ1) is 21.5. The number of nitrogens with zero attached hydrogens (tertiary/aromatic N) is 4. The van der Waals surface area contributed by atoms with Crippen LogP contribution in [0.4, 0.5) is 16.3 Å². The van der Waals surface area contributed by atoms with Crippen molar-refractivity contribution in [1.29, 1.82) is 0 Å². The molecule has 2 aliphatic heterocycles. The van der Waals surface area contributed by atoms with E-state index in [0.717, 1.165) is 37.6 Å². The van der Waals surface area contributed by atoms with E-state index in [1.54, 1.807) is 4.90 Å². The summed E-state index contributed by atoms with van der Waals surface area (Å²) in [5.41, 5.74) is 3.48. The molecule has 0 unspecified atom stereocenters. The molecule has 0 aliphatic carbocycles. The molecule has 0 atom stereocenters. The number of nitrogens with one attached hydrogen (secondary N) is 1. The van der Waals surface area contributed by atoms with Gasteiger partial charge in [0.1, 0.15) is 5.82 Å². The minimum Gasteiger partial charge on any atom is -0.371 e. The van der Waals surface area contributed by atoms with Crippen molar-refractivity contribution >= 4 is 17.5 Å². The van der Waals surface area contributed by atoms with Crippen LogP contribution >= 0.6 is 0 Å². The zero-order valence-electron chi connectivity index (χ0n) is 18.7. The number of aromatic nitrogens is 1. The number of pyridine rings is 1. The Hall–Kier alpha value is -2.76. The quantitative estimate of drug-likeness (QED) is 0.751. The number of anilines is 2. The molecule has 2 amide bonds. The molecule has 1 aromatic heterocycles. The molecule has 3 heterocycles. The van der Waals surface area contributed by atoms with Gasteiger partial charge in [0.15, 0.2) is 0 Å². The Balaban J connectivity index is 1.30. The van der Waals surface area contributed by atoms with E-state index in [1.165, 1.54) is 49.8 Å². The van der Waals surface area contributed by atoms with E-state index in [1.807, 2.05) is 13.2 Å². The average molecular weight is 422 g/mol. The van der Waals surface area contributed by atoms with E-state index in [2.05, 4.69) is 56.5 Å². The van der Waals surface area contributed by atoms with Gasteiger partial charge < -0.3 is 20.0 Å². The van der Waals surface area contributed by atoms with Gasteiger partial charge in [0.25, 0.3) is 0 Å². The first-order valence-corrected chi connectivity index (χ1v) is 11.7. The molecule has 1 aromatic carbocycles. The molecule has 2 saturated heterocycles. The Morgan fingerprint density at radius 1 is 0.935 bits per heavy atom. The lowest BCUT2D eigenvalue weighted by Crippen LogP contribution is -2.36. The van der Waals surface area contributed by atoms with Crippen LogP contribution in [0.15, 0.2) is 42.6 Å². The van der Waals surface area contributed by atoms with Crippen LogP contribution in [-0.2, 0) is 13.1 Å². The van der Waals surface area contributed by atoms with Gasteiger partial charge in [-0.15, -0.1) is 0 Å². The van der Waals surface area contributed by atoms with Crippen LogP contribution in [0.2, 0.25) is 0 Å². The van der Waals surface area contributed by atoms with E-state index < -0.39 is 0 Å². The highest BCUT2D eigenvalue weighted by atomic mass is 16.2. The smallest absolute Gasteiger partial charge is 0.317 e. The summed E-state index contributed by atoms with van der Waals surface area (Å²) in [5, 5.41) is 3.04. The van der Waals surface area contributed by atoms with Gasteiger partial charge in [-0.1, -0.05) is 37.1 Å². The molecule has 1 N–H and O–H groups in total. The monoisotopic (exact) mass is 421 g/mol. The molecule has 31 heavy (non-hydrogen) atoms. The van der Waals surface area contributed by atoms with Crippen LogP contribution in [0.3, 0.4) is 0 Å². The van der Waals surface area contributed by atoms with Crippen molar-refractivity contribution in [1.82, 2.24) is 15.2 Å². The number of rotatable bonds is 6. The Morgan fingerprint density at radius 3 is 2.32 bits per heavy atom. The van der Waals surface area contributed by atoms with Crippen molar-refractivity contribution in [3.05, 3.63) is 53.7 Å². The number of amides is 2. The summed E-state index contributed by atoms with van der Waals surface area (Å²) in [4.78, 5) is 23.9. The number of carbonyl (C=O) groups is 1. The predicted octanol–water partition coefficient (Wildman–Crippen LogP) is 4.40. The van der Waals surface area contributed by atoms with E-state index in [-0.39, 0.29) is 6.03 Å². The lowest BCUT2D eigenvalue weighted by atomic mass is 10.1. The molecule has 0 bridgehead atoms. The van der Waals surface area contributed by atoms with Gasteiger partial charge in [0.05, 0.1) is 0 Å². The molecule has 6 nitrogen and oxygen atoms in total. The fraction of sp³-hybridized carbons (Fsp3) is 0.520. The molecule has 166 valence electrons. The van der Waals surface area contributed by atoms with Crippen LogP contribution in [0.25, 0.3) is 0 Å². The molecule has 0 radical (unpaired) electrons. The molecular weight excluding hydrogens is 386 g/mol. The summed E-state index contributed by atoms with van der Waals surface area (Å²) < 4.78 is 0. The van der Waals surface area contributed by atoms with Crippen LogP contribution in [-0.4, -0.2) is 49.1 Å². The summed E-state index contributed by atoms with van der Waals surface area (Å²) in [5.74, 6) is 1.05. The van der Waals surface area contributed by atoms with Crippen molar-refractivity contribution in [2.45, 2.75) is 51.6 Å². The van der Waals surface area contributed by atoms with Crippen LogP contribution < -0.4 is 15.1 Å². The third kappa shape index (κ3) is 5.69. The molecule has 6 heteroatoms. The van der Waals surface area contributed by atoms with Crippen molar-refractivity contribution in [2.75, 3.05) is 43.0 Å². The maximum absolute atomic E-state index is 12.7. The lowest BCUT2D eigenvalue weighted by Gasteiger charge is -2.24. The van der Waals surface area contributed by atoms with Crippen molar-refractivity contribution in [2.24, 2.45) is 0 Å². The molecule has 0 spiro atoms. The number of carbonyl (C=O) groups excluding carboxylic acids is 1. The standard InChI is InChI=1S/C25H35N5O/c1-28(20-22-10-4-5-11-23(22)29-14-8-9-15-29)25(31)27-19-21-12-13-24(26-18-21)30-16-6-2-3-7-17-30/h4-5,10-13,18H,2-3,6-9,14-17,19-20H2,1H3,(H,27,31). The molecular formula is C25H35N5O. The van der Waals surface area contributed by atoms with Crippen molar-refractivity contribution in [3.63, 3.8) is 0 Å². The second-order valence-electron chi connectivity index (χ2n) is 8.76. The average Bonchev–Trinajstić information content (AvgIpc) is 3.20. The summed E-state index contributed by atoms with van der Waals surface area (Å²) in [6.45, 7) is 5.48. The summed E-state index contributed by atoms with van der Waals surface area (Å²) in [6, 6.07) is 12.5. The van der Waals surface area contributed by atoms with E-state index in [4.69, 9.17) is 0 Å². The molecule has 0 saturated carbocycles. The third-order valence-corrected chi connectivity index (χ3v) is 6.38. The largest absolute Gasteiger partial charge is 0.371 e. The minimum absolute atomic E-state index is 0.0622. The van der Waals surface area contributed by atoms with E-state index in [0.29, 0.717) is 13.1 Å². The van der Waals surface area contributed by atoms with E-state index >= 15 is 0 Å². The van der Waals surface area contributed by atoms with Gasteiger partial charge >= 0.3 is 6.03 Å². The Kier molecular flexibility index (Phi) is 7.28. The normalized spacial score (nSPS) is 16.8. The van der Waals surface area contributed by atoms with Gasteiger partial charge in [-0.25, -0.2) is 9.78 Å². The first-order valence-electron chi connectivity index (χ1n) is 11.7. The highest BCUT2D eigenvalue weighted by molar-refractivity contribution is 5.74. The minimum atomic E-state index is -0.0622. The second-order valence-corrected chi connectivity index (χ2v) is 8.76. The van der Waals surface area contributed by atoms with Gasteiger partial charge in [-0.3, -0.25) is 0 Å². The molecule has 2 aliphatic rings. The zero-order chi connectivity index (χ0) is 21.5. The van der Waals surface area contributed by atoms with Crippen LogP contribution in [0.1, 0.15) is 49.7 Å². The summed E-state index contributed by atoms with van der Waals surface area (Å²) >= 11 is 0. The van der Waals surface area contributed by atoms with Gasteiger partial charge in [-0.05, 0) is 48.9 Å². The SMILES string of the molecule is CN(Cc1ccccc1N1CCCC1)C(=O)NCc1ccc(N2CCCCCC2)nc1. The molecule has 2 fully saturated rings. The predicted molar refractivity (Wildman–Crippen MR) is 127 cm³/mol. The van der Waals surface area contributed by atoms with E-state index in [9.17, 15) is 4.79 Å². The van der Waals surface area contributed by atoms with Gasteiger partial charge in [-0.2, -0.15) is 0 Å². The first-order chi connectivity index (χ1) is 15.2. The summed E-state index contributed by atoms with van der Waals surface area (Å²) in [6.07, 6.45) is 9.50. The number of hydrogen-bond acceptors (Lipinski definition) is 4. The molecule has 2 aromatic rings. The van der Waals surface area contributed by atoms with Crippen LogP contribution in [0.5, 0.6) is 0 Å². The zero-order valence-corrected chi connectivity index (χ0v) is 18.7. The number of hydrogen-bond donors (Lipinski definition) is 1. The Bertz CT molecular complexity index is 839. The highest BCUT2D eigenvalue weighted by Gasteiger charge is 2.17. The molecule has 4 rings (SSSR count). The van der Waals surface area contributed by atoms with Crippen molar-refractivity contribution < 1.29 is 4.79 Å². The Labute approximate surface area is 186 Å². The maximum Gasteiger partial charge on any atom is 0.317 e. The number of para-hydroxylation sites is 1. The van der Waals surface area contributed by atoms with Gasteiger partial charge in [0.2, 0.25) is 0 Å². The topological polar surface area (TPSA) is 51.7 Å². The summed E-state index contributed by atoms with van der Waals surface area (Å²) in [7, 11) is 1.86. The van der Waals surface area contributed by atoms with Gasteiger partial charge in [0, 0.05) is 58.2 Å². The van der Waals surface area contributed by atoms with Crippen LogP contribution in [0, 0.1) is 0 Å².